The van der Waals surface area contributed by atoms with Gasteiger partial charge in [0.15, 0.2) is 6.61 Å². The Morgan fingerprint density at radius 2 is 2.00 bits per heavy atom. The van der Waals surface area contributed by atoms with Gasteiger partial charge in [0.2, 0.25) is 0 Å². The minimum atomic E-state index is -0.351. The van der Waals surface area contributed by atoms with Gasteiger partial charge in [-0.3, -0.25) is 0 Å². The molecule has 1 aromatic carbocycles. The number of para-hydroxylation sites is 2. The van der Waals surface area contributed by atoms with Crippen LogP contribution in [0.25, 0.3) is 0 Å². The average Bonchev–Trinajstić information content (AvgIpc) is 2.43. The smallest absolute Gasteiger partial charge is 0.344 e. The Labute approximate surface area is 121 Å². The molecule has 0 aliphatic carbocycles. The van der Waals surface area contributed by atoms with Crippen LogP contribution in [0.2, 0.25) is 0 Å². The van der Waals surface area contributed by atoms with Crippen LogP contribution >= 0.6 is 0 Å². The third-order valence-electron chi connectivity index (χ3n) is 3.06. The van der Waals surface area contributed by atoms with Gasteiger partial charge < -0.3 is 15.2 Å². The van der Waals surface area contributed by atoms with Crippen molar-refractivity contribution in [3.8, 4) is 5.75 Å². The van der Waals surface area contributed by atoms with Gasteiger partial charge in [0.25, 0.3) is 0 Å². The van der Waals surface area contributed by atoms with Crippen LogP contribution < -0.4 is 10.5 Å². The van der Waals surface area contributed by atoms with Gasteiger partial charge in [0, 0.05) is 0 Å². The van der Waals surface area contributed by atoms with E-state index in [1.165, 1.54) is 19.3 Å². The summed E-state index contributed by atoms with van der Waals surface area (Å²) in [5.41, 5.74) is 6.25. The third-order valence-corrected chi connectivity index (χ3v) is 3.06. The Balaban J connectivity index is 2.21. The largest absolute Gasteiger partial charge is 0.480 e. The lowest BCUT2D eigenvalue weighted by atomic mass is 10.1. The molecule has 0 aliphatic heterocycles. The van der Waals surface area contributed by atoms with Gasteiger partial charge in [-0.2, -0.15) is 0 Å². The predicted octanol–water partition coefficient (Wildman–Crippen LogP) is 3.55. The summed E-state index contributed by atoms with van der Waals surface area (Å²) >= 11 is 0. The van der Waals surface area contributed by atoms with Crippen LogP contribution in [0.3, 0.4) is 0 Å². The van der Waals surface area contributed by atoms with Crippen LogP contribution in [0.4, 0.5) is 5.69 Å². The number of benzene rings is 1. The predicted molar refractivity (Wildman–Crippen MR) is 80.7 cm³/mol. The lowest BCUT2D eigenvalue weighted by Gasteiger charge is -2.14. The molecule has 0 fully saturated rings. The molecule has 112 valence electrons. The molecular formula is C16H25NO3. The van der Waals surface area contributed by atoms with Crippen molar-refractivity contribution in [1.82, 2.24) is 0 Å². The second-order valence-corrected chi connectivity index (χ2v) is 4.98. The molecule has 0 saturated heterocycles. The minimum absolute atomic E-state index is 0.0592. The zero-order valence-electron chi connectivity index (χ0n) is 12.4. The normalized spacial score (nSPS) is 11.9. The topological polar surface area (TPSA) is 61.5 Å². The summed E-state index contributed by atoms with van der Waals surface area (Å²) in [4.78, 5) is 11.6. The van der Waals surface area contributed by atoms with Crippen LogP contribution in [0, 0.1) is 0 Å². The van der Waals surface area contributed by atoms with Gasteiger partial charge >= 0.3 is 5.97 Å². The molecule has 0 heterocycles. The third kappa shape index (κ3) is 6.45. The number of nitrogens with two attached hydrogens (primary N) is 1. The molecular weight excluding hydrogens is 254 g/mol. The second kappa shape index (κ2) is 9.23. The Bertz CT molecular complexity index is 406. The summed E-state index contributed by atoms with van der Waals surface area (Å²) in [6.45, 7) is 3.99. The summed E-state index contributed by atoms with van der Waals surface area (Å²) in [5, 5.41) is 0. The van der Waals surface area contributed by atoms with Gasteiger partial charge in [0.05, 0.1) is 11.8 Å². The highest BCUT2D eigenvalue weighted by Crippen LogP contribution is 2.19. The maximum atomic E-state index is 11.6. The van der Waals surface area contributed by atoms with Crippen molar-refractivity contribution in [3.63, 3.8) is 0 Å². The lowest BCUT2D eigenvalue weighted by molar-refractivity contribution is -0.150. The first kappa shape index (κ1) is 16.3. The van der Waals surface area contributed by atoms with Crippen molar-refractivity contribution in [1.29, 1.82) is 0 Å². The second-order valence-electron chi connectivity index (χ2n) is 4.98. The van der Waals surface area contributed by atoms with Crippen molar-refractivity contribution in [3.05, 3.63) is 24.3 Å². The van der Waals surface area contributed by atoms with Crippen molar-refractivity contribution in [2.24, 2.45) is 0 Å². The van der Waals surface area contributed by atoms with Crippen molar-refractivity contribution < 1.29 is 14.3 Å². The molecule has 0 aliphatic rings. The lowest BCUT2D eigenvalue weighted by Crippen LogP contribution is -2.21. The molecule has 0 saturated carbocycles. The van der Waals surface area contributed by atoms with Crippen molar-refractivity contribution in [2.75, 3.05) is 12.3 Å². The fraction of sp³-hybridized carbons (Fsp3) is 0.562. The van der Waals surface area contributed by atoms with E-state index in [1.807, 2.05) is 19.1 Å². The Morgan fingerprint density at radius 1 is 1.25 bits per heavy atom. The number of nitrogen functional groups attached to an aromatic ring is 1. The van der Waals surface area contributed by atoms with Crippen LogP contribution in [0.1, 0.15) is 46.0 Å². The van der Waals surface area contributed by atoms with E-state index in [4.69, 9.17) is 15.2 Å². The van der Waals surface area contributed by atoms with E-state index < -0.39 is 0 Å². The molecule has 1 unspecified atom stereocenters. The van der Waals surface area contributed by atoms with Crippen LogP contribution in [0.5, 0.6) is 5.75 Å². The summed E-state index contributed by atoms with van der Waals surface area (Å²) in [6.07, 6.45) is 5.57. The zero-order valence-corrected chi connectivity index (χ0v) is 12.4. The monoisotopic (exact) mass is 279 g/mol. The first-order chi connectivity index (χ1) is 9.63. The van der Waals surface area contributed by atoms with Crippen molar-refractivity contribution in [2.45, 2.75) is 52.1 Å². The first-order valence-corrected chi connectivity index (χ1v) is 7.30. The summed E-state index contributed by atoms with van der Waals surface area (Å²) in [7, 11) is 0. The highest BCUT2D eigenvalue weighted by Gasteiger charge is 2.10. The maximum absolute atomic E-state index is 11.6. The molecule has 0 spiro atoms. The van der Waals surface area contributed by atoms with E-state index in [0.717, 1.165) is 12.8 Å². The number of carbonyl (C=O) groups excluding carboxylic acids is 1. The summed E-state index contributed by atoms with van der Waals surface area (Å²) < 4.78 is 10.6. The van der Waals surface area contributed by atoms with Crippen LogP contribution in [-0.2, 0) is 9.53 Å². The first-order valence-electron chi connectivity index (χ1n) is 7.30. The van der Waals surface area contributed by atoms with Gasteiger partial charge in [-0.25, -0.2) is 4.79 Å². The minimum Gasteiger partial charge on any atom is -0.480 e. The van der Waals surface area contributed by atoms with Gasteiger partial charge in [-0.05, 0) is 31.9 Å². The number of rotatable bonds is 9. The summed E-state index contributed by atoms with van der Waals surface area (Å²) in [6, 6.07) is 7.10. The molecule has 1 atom stereocenters. The summed E-state index contributed by atoms with van der Waals surface area (Å²) in [5.74, 6) is 0.163. The average molecular weight is 279 g/mol. The molecule has 0 radical (unpaired) electrons. The number of esters is 1. The van der Waals surface area contributed by atoms with E-state index in [9.17, 15) is 4.79 Å². The molecule has 0 bridgehead atoms. The molecule has 2 N–H and O–H groups in total. The SMILES string of the molecule is CCCCCCC(C)OC(=O)COc1ccccc1N. The number of ether oxygens (including phenoxy) is 2. The number of anilines is 1. The van der Waals surface area contributed by atoms with E-state index >= 15 is 0 Å². The Hall–Kier alpha value is -1.71. The fourth-order valence-electron chi connectivity index (χ4n) is 1.92. The van der Waals surface area contributed by atoms with Crippen LogP contribution in [0.15, 0.2) is 24.3 Å². The maximum Gasteiger partial charge on any atom is 0.344 e. The molecule has 4 nitrogen and oxygen atoms in total. The van der Waals surface area contributed by atoms with E-state index in [-0.39, 0.29) is 18.7 Å². The molecule has 0 amide bonds. The van der Waals surface area contributed by atoms with E-state index in [0.29, 0.717) is 11.4 Å². The Kier molecular flexibility index (Phi) is 7.55. The quantitative estimate of drug-likeness (QED) is 0.426. The van der Waals surface area contributed by atoms with Gasteiger partial charge in [0.1, 0.15) is 5.75 Å². The molecule has 1 aromatic rings. The molecule has 0 aromatic heterocycles. The van der Waals surface area contributed by atoms with E-state index in [1.54, 1.807) is 12.1 Å². The highest BCUT2D eigenvalue weighted by molar-refractivity contribution is 5.71. The highest BCUT2D eigenvalue weighted by atomic mass is 16.6. The Morgan fingerprint density at radius 3 is 2.70 bits per heavy atom. The fourth-order valence-corrected chi connectivity index (χ4v) is 1.92. The van der Waals surface area contributed by atoms with Crippen molar-refractivity contribution >= 4 is 11.7 Å². The molecule has 1 rings (SSSR count). The van der Waals surface area contributed by atoms with Crippen LogP contribution in [-0.4, -0.2) is 18.7 Å². The molecule has 20 heavy (non-hydrogen) atoms. The number of hydrogen-bond acceptors (Lipinski definition) is 4. The van der Waals surface area contributed by atoms with Gasteiger partial charge in [-0.1, -0.05) is 38.3 Å². The van der Waals surface area contributed by atoms with Gasteiger partial charge in [-0.15, -0.1) is 0 Å². The number of carbonyl (C=O) groups is 1. The number of unbranched alkanes of at least 4 members (excludes halogenated alkanes) is 3. The zero-order chi connectivity index (χ0) is 14.8. The standard InChI is InChI=1S/C16H25NO3/c1-3-4-5-6-9-13(2)20-16(18)12-19-15-11-8-7-10-14(15)17/h7-8,10-11,13H,3-6,9,12,17H2,1-2H3. The van der Waals surface area contributed by atoms with E-state index in [2.05, 4.69) is 6.92 Å². The molecule has 4 heteroatoms. The number of hydrogen-bond donors (Lipinski definition) is 1.